The van der Waals surface area contributed by atoms with Crippen LogP contribution >= 0.6 is 0 Å². The first-order valence-electron chi connectivity index (χ1n) is 6.24. The van der Waals surface area contributed by atoms with E-state index in [-0.39, 0.29) is 5.67 Å². The molecule has 0 aliphatic rings. The quantitative estimate of drug-likeness (QED) is 0.464. The molecular weight excluding hydrogens is 206 g/mol. The van der Waals surface area contributed by atoms with Crippen LogP contribution in [0.25, 0.3) is 0 Å². The molecule has 0 aromatic carbocycles. The van der Waals surface area contributed by atoms with Gasteiger partial charge in [-0.3, -0.25) is 0 Å². The molecule has 92 valence electrons. The van der Waals surface area contributed by atoms with Crippen LogP contribution in [0.4, 0.5) is 0 Å². The highest BCUT2D eigenvalue weighted by molar-refractivity contribution is 6.46. The molecule has 0 aliphatic carbocycles. The monoisotopic (exact) mass is 233 g/mol. The molecule has 0 saturated carbocycles. The Morgan fingerprint density at radius 2 is 1.60 bits per heavy atom. The molecular formula is C11H27NO2Si. The van der Waals surface area contributed by atoms with Gasteiger partial charge in [0, 0.05) is 18.9 Å². The summed E-state index contributed by atoms with van der Waals surface area (Å²) in [6, 6.07) is 0. The van der Waals surface area contributed by atoms with Gasteiger partial charge in [-0.15, -0.1) is 0 Å². The molecule has 15 heavy (non-hydrogen) atoms. The summed E-state index contributed by atoms with van der Waals surface area (Å²) < 4.78 is 11.2. The number of rotatable bonds is 10. The van der Waals surface area contributed by atoms with E-state index in [0.29, 0.717) is 0 Å². The van der Waals surface area contributed by atoms with Crippen LogP contribution < -0.4 is 5.73 Å². The van der Waals surface area contributed by atoms with Crippen LogP contribution in [0.5, 0.6) is 0 Å². The second-order valence-corrected chi connectivity index (χ2v) is 6.05. The average Bonchev–Trinajstić information content (AvgIpc) is 2.24. The fourth-order valence-electron chi connectivity index (χ4n) is 1.57. The van der Waals surface area contributed by atoms with Gasteiger partial charge >= 0.3 is 9.28 Å². The van der Waals surface area contributed by atoms with Crippen LogP contribution in [-0.2, 0) is 8.85 Å². The zero-order valence-electron chi connectivity index (χ0n) is 10.5. The highest BCUT2D eigenvalue weighted by Gasteiger charge is 2.21. The van der Waals surface area contributed by atoms with E-state index in [1.165, 1.54) is 25.7 Å². The van der Waals surface area contributed by atoms with Crippen molar-refractivity contribution in [3.8, 4) is 0 Å². The first kappa shape index (κ1) is 15.1. The lowest BCUT2D eigenvalue weighted by Crippen LogP contribution is -2.43. The summed E-state index contributed by atoms with van der Waals surface area (Å²) in [7, 11) is -1.60. The molecule has 4 heteroatoms. The van der Waals surface area contributed by atoms with Gasteiger partial charge in [-0.2, -0.15) is 0 Å². The summed E-state index contributed by atoms with van der Waals surface area (Å²) in [4.78, 5) is 0. The molecule has 0 rings (SSSR count). The highest BCUT2D eigenvalue weighted by atomic mass is 28.3. The van der Waals surface area contributed by atoms with Crippen molar-refractivity contribution in [3.05, 3.63) is 0 Å². The van der Waals surface area contributed by atoms with Crippen LogP contribution in [0.1, 0.15) is 52.9 Å². The largest absolute Gasteiger partial charge is 0.396 e. The van der Waals surface area contributed by atoms with Crippen molar-refractivity contribution >= 4 is 9.28 Å². The lowest BCUT2D eigenvalue weighted by molar-refractivity contribution is 0.203. The zero-order valence-corrected chi connectivity index (χ0v) is 11.7. The lowest BCUT2D eigenvalue weighted by Gasteiger charge is -2.21. The minimum atomic E-state index is -1.60. The molecule has 0 heterocycles. The van der Waals surface area contributed by atoms with E-state index in [2.05, 4.69) is 6.92 Å². The Bertz CT molecular complexity index is 130. The number of unbranched alkanes of at least 4 members (excludes halogenated alkanes) is 3. The predicted octanol–water partition coefficient (Wildman–Crippen LogP) is 2.12. The zero-order chi connectivity index (χ0) is 11.5. The van der Waals surface area contributed by atoms with E-state index in [0.717, 1.165) is 19.6 Å². The molecule has 0 amide bonds. The first-order valence-corrected chi connectivity index (χ1v) is 7.85. The van der Waals surface area contributed by atoms with Gasteiger partial charge in [-0.25, -0.2) is 0 Å². The third kappa shape index (κ3) is 7.96. The lowest BCUT2D eigenvalue weighted by atomic mass is 10.1. The van der Waals surface area contributed by atoms with Gasteiger partial charge in [-0.1, -0.05) is 32.6 Å². The maximum atomic E-state index is 6.08. The van der Waals surface area contributed by atoms with Gasteiger partial charge in [0.1, 0.15) is 0 Å². The Balaban J connectivity index is 3.65. The average molecular weight is 233 g/mol. The molecule has 2 N–H and O–H groups in total. The predicted molar refractivity (Wildman–Crippen MR) is 67.1 cm³/mol. The second-order valence-electron chi connectivity index (χ2n) is 3.79. The molecule has 0 aliphatic heterocycles. The van der Waals surface area contributed by atoms with E-state index < -0.39 is 9.28 Å². The molecule has 0 aromatic rings. The van der Waals surface area contributed by atoms with E-state index in [1.54, 1.807) is 0 Å². The van der Waals surface area contributed by atoms with Crippen molar-refractivity contribution in [2.75, 3.05) is 13.2 Å². The van der Waals surface area contributed by atoms with E-state index in [1.807, 2.05) is 13.8 Å². The minimum absolute atomic E-state index is 0.154. The van der Waals surface area contributed by atoms with Gasteiger partial charge in [-0.05, 0) is 20.3 Å². The molecule has 0 radical (unpaired) electrons. The Hall–Kier alpha value is 0.0969. The fourth-order valence-corrected chi connectivity index (χ4v) is 3.32. The summed E-state index contributed by atoms with van der Waals surface area (Å²) in [5.74, 6) is 0. The van der Waals surface area contributed by atoms with Crippen molar-refractivity contribution < 1.29 is 8.85 Å². The molecule has 1 atom stereocenters. The van der Waals surface area contributed by atoms with Crippen molar-refractivity contribution in [1.29, 1.82) is 0 Å². The van der Waals surface area contributed by atoms with E-state index in [9.17, 15) is 0 Å². The Kier molecular flexibility index (Phi) is 10.7. The summed E-state index contributed by atoms with van der Waals surface area (Å²) in [5.41, 5.74) is 6.24. The van der Waals surface area contributed by atoms with Crippen LogP contribution in [0.3, 0.4) is 0 Å². The van der Waals surface area contributed by atoms with Gasteiger partial charge in [0.25, 0.3) is 0 Å². The topological polar surface area (TPSA) is 44.5 Å². The van der Waals surface area contributed by atoms with Gasteiger partial charge in [0.2, 0.25) is 0 Å². The molecule has 0 spiro atoms. The standard InChI is InChI=1S/C11H27NO2Si/c1-4-7-8-9-10-11(12)15(13-5-2)14-6-3/h11,15H,4-10,12H2,1-3H3. The maximum Gasteiger partial charge on any atom is 0.338 e. The number of hydrogen-bond donors (Lipinski definition) is 1. The Morgan fingerprint density at radius 1 is 1.00 bits per heavy atom. The molecule has 1 unspecified atom stereocenters. The third-order valence-electron chi connectivity index (χ3n) is 2.40. The van der Waals surface area contributed by atoms with Gasteiger partial charge in [0.15, 0.2) is 0 Å². The van der Waals surface area contributed by atoms with Crippen molar-refractivity contribution in [3.63, 3.8) is 0 Å². The second kappa shape index (κ2) is 10.6. The summed E-state index contributed by atoms with van der Waals surface area (Å²) in [6.45, 7) is 7.67. The molecule has 0 fully saturated rings. The number of nitrogens with two attached hydrogens (primary N) is 1. The summed E-state index contributed by atoms with van der Waals surface area (Å²) >= 11 is 0. The molecule has 0 bridgehead atoms. The van der Waals surface area contributed by atoms with Crippen molar-refractivity contribution in [2.24, 2.45) is 5.73 Å². The van der Waals surface area contributed by atoms with Gasteiger partial charge < -0.3 is 14.6 Å². The van der Waals surface area contributed by atoms with E-state index >= 15 is 0 Å². The first-order chi connectivity index (χ1) is 7.26. The summed E-state index contributed by atoms with van der Waals surface area (Å²) in [5, 5.41) is 0. The van der Waals surface area contributed by atoms with Crippen LogP contribution in [0.2, 0.25) is 0 Å². The van der Waals surface area contributed by atoms with Crippen LogP contribution in [0, 0.1) is 0 Å². The molecule has 0 aromatic heterocycles. The van der Waals surface area contributed by atoms with Crippen LogP contribution in [0.15, 0.2) is 0 Å². The van der Waals surface area contributed by atoms with Crippen molar-refractivity contribution in [2.45, 2.75) is 58.5 Å². The van der Waals surface area contributed by atoms with E-state index in [4.69, 9.17) is 14.6 Å². The minimum Gasteiger partial charge on any atom is -0.396 e. The highest BCUT2D eigenvalue weighted by Crippen LogP contribution is 2.07. The fraction of sp³-hybridized carbons (Fsp3) is 1.00. The summed E-state index contributed by atoms with van der Waals surface area (Å²) in [6.07, 6.45) is 6.12. The number of hydrogen-bond acceptors (Lipinski definition) is 3. The SMILES string of the molecule is CCCCCCC(N)[SiH](OCC)OCC. The molecule has 0 saturated heterocycles. The third-order valence-corrected chi connectivity index (χ3v) is 4.76. The normalized spacial score (nSPS) is 13.4. The Labute approximate surface area is 96.2 Å². The Morgan fingerprint density at radius 3 is 2.07 bits per heavy atom. The van der Waals surface area contributed by atoms with Crippen LogP contribution in [-0.4, -0.2) is 28.2 Å². The maximum absolute atomic E-state index is 6.08. The van der Waals surface area contributed by atoms with Gasteiger partial charge in [0.05, 0.1) is 0 Å². The molecule has 3 nitrogen and oxygen atoms in total. The smallest absolute Gasteiger partial charge is 0.338 e. The van der Waals surface area contributed by atoms with Crippen molar-refractivity contribution in [1.82, 2.24) is 0 Å².